The van der Waals surface area contributed by atoms with Crippen LogP contribution in [0, 0.1) is 0 Å². The van der Waals surface area contributed by atoms with Crippen molar-refractivity contribution < 1.29 is 24.3 Å². The summed E-state index contributed by atoms with van der Waals surface area (Å²) in [5, 5.41) is 13.1. The zero-order chi connectivity index (χ0) is 15.0. The van der Waals surface area contributed by atoms with Crippen molar-refractivity contribution in [3.05, 3.63) is 0 Å². The number of hydrogen-bond acceptors (Lipinski definition) is 5. The minimum Gasteiger partial charge on any atom is -0.480 e. The Labute approximate surface area is 110 Å². The first-order chi connectivity index (χ1) is 8.77. The maximum absolute atomic E-state index is 11.7. The molecule has 9 heteroatoms. The Morgan fingerprint density at radius 3 is 2.26 bits per heavy atom. The Balaban J connectivity index is 4.63. The predicted molar refractivity (Wildman–Crippen MR) is 65.1 cm³/mol. The van der Waals surface area contributed by atoms with Crippen molar-refractivity contribution >= 4 is 23.8 Å². The third kappa shape index (κ3) is 6.99. The summed E-state index contributed by atoms with van der Waals surface area (Å²) in [6, 6.07) is -1.67. The van der Waals surface area contributed by atoms with E-state index in [4.69, 9.17) is 10.8 Å². The highest BCUT2D eigenvalue weighted by molar-refractivity contribution is 5.97. The van der Waals surface area contributed by atoms with Gasteiger partial charge in [-0.25, -0.2) is 4.79 Å². The Kier molecular flexibility index (Phi) is 7.12. The van der Waals surface area contributed by atoms with Gasteiger partial charge in [0.2, 0.25) is 11.8 Å². The third-order valence-corrected chi connectivity index (χ3v) is 2.20. The van der Waals surface area contributed by atoms with Crippen LogP contribution in [0.1, 0.15) is 13.8 Å². The summed E-state index contributed by atoms with van der Waals surface area (Å²) in [7, 11) is 0. The van der Waals surface area contributed by atoms with E-state index >= 15 is 0 Å². The molecule has 108 valence electrons. The second kappa shape index (κ2) is 8.03. The zero-order valence-electron chi connectivity index (χ0n) is 10.8. The molecule has 0 aromatic rings. The van der Waals surface area contributed by atoms with Gasteiger partial charge in [0.1, 0.15) is 0 Å². The Hall–Kier alpha value is -2.16. The van der Waals surface area contributed by atoms with Gasteiger partial charge in [-0.1, -0.05) is 0 Å². The number of carboxylic acids is 1. The molecule has 0 radical (unpaired) electrons. The van der Waals surface area contributed by atoms with Gasteiger partial charge >= 0.3 is 12.0 Å². The van der Waals surface area contributed by atoms with Gasteiger partial charge in [0.25, 0.3) is 0 Å². The number of carbonyl (C=O) groups excluding carboxylic acids is 3. The fourth-order valence-electron chi connectivity index (χ4n) is 1.29. The average molecular weight is 274 g/mol. The van der Waals surface area contributed by atoms with Crippen molar-refractivity contribution in [1.29, 1.82) is 0 Å². The lowest BCUT2D eigenvalue weighted by Gasteiger charge is -2.24. The average Bonchev–Trinajstić information content (AvgIpc) is 2.25. The maximum Gasteiger partial charge on any atom is 0.321 e. The van der Waals surface area contributed by atoms with Crippen molar-refractivity contribution in [2.45, 2.75) is 19.9 Å². The lowest BCUT2D eigenvalue weighted by Crippen LogP contribution is -2.52. The normalized spacial score (nSPS) is 11.7. The number of nitrogens with zero attached hydrogens (tertiary/aromatic N) is 1. The maximum atomic E-state index is 11.7. The summed E-state index contributed by atoms with van der Waals surface area (Å²) in [6.07, 6.45) is 0. The highest BCUT2D eigenvalue weighted by Gasteiger charge is 2.25. The summed E-state index contributed by atoms with van der Waals surface area (Å²) in [4.78, 5) is 45.3. The first kappa shape index (κ1) is 16.8. The van der Waals surface area contributed by atoms with E-state index in [1.165, 1.54) is 6.92 Å². The van der Waals surface area contributed by atoms with Crippen LogP contribution in [0.2, 0.25) is 0 Å². The predicted octanol–water partition coefficient (Wildman–Crippen LogP) is -1.91. The number of rotatable bonds is 7. The lowest BCUT2D eigenvalue weighted by molar-refractivity contribution is -0.140. The lowest BCUT2D eigenvalue weighted by atomic mass is 10.2. The van der Waals surface area contributed by atoms with Gasteiger partial charge in [0.05, 0.1) is 19.1 Å². The molecular weight excluding hydrogens is 256 g/mol. The highest BCUT2D eigenvalue weighted by atomic mass is 16.4. The molecule has 1 unspecified atom stereocenters. The van der Waals surface area contributed by atoms with Gasteiger partial charge in [-0.15, -0.1) is 0 Å². The van der Waals surface area contributed by atoms with Crippen molar-refractivity contribution in [2.75, 3.05) is 19.6 Å². The monoisotopic (exact) mass is 274 g/mol. The van der Waals surface area contributed by atoms with Crippen LogP contribution in [0.4, 0.5) is 4.79 Å². The van der Waals surface area contributed by atoms with Gasteiger partial charge in [-0.05, 0) is 13.8 Å². The Morgan fingerprint density at radius 1 is 1.26 bits per heavy atom. The molecule has 0 saturated carbocycles. The van der Waals surface area contributed by atoms with E-state index in [9.17, 15) is 19.2 Å². The van der Waals surface area contributed by atoms with Crippen LogP contribution in [-0.4, -0.2) is 59.5 Å². The van der Waals surface area contributed by atoms with Crippen LogP contribution in [0.3, 0.4) is 0 Å². The smallest absolute Gasteiger partial charge is 0.321 e. The van der Waals surface area contributed by atoms with Gasteiger partial charge in [-0.3, -0.25) is 24.6 Å². The molecule has 0 heterocycles. The topological polar surface area (TPSA) is 142 Å². The number of carbonyl (C=O) groups is 4. The molecule has 0 aromatic carbocycles. The summed E-state index contributed by atoms with van der Waals surface area (Å²) in [5.41, 5.74) is 4.97. The first-order valence-electron chi connectivity index (χ1n) is 5.60. The standard InChI is InChI=1S/C10H18N4O5/c1-3-12-10(19)13-9(18)6(2)14(4-7(11)15)5-8(16)17/h6H,3-5H2,1-2H3,(H2,11,15)(H,16,17)(H2,12,13,18,19). The van der Waals surface area contributed by atoms with E-state index in [0.29, 0.717) is 6.54 Å². The summed E-state index contributed by atoms with van der Waals surface area (Å²) in [6.45, 7) is 2.47. The van der Waals surface area contributed by atoms with Gasteiger partial charge in [0, 0.05) is 6.54 Å². The number of amides is 4. The molecular formula is C10H18N4O5. The van der Waals surface area contributed by atoms with Gasteiger partial charge < -0.3 is 16.2 Å². The molecule has 0 aliphatic heterocycles. The summed E-state index contributed by atoms with van der Waals surface area (Å²) >= 11 is 0. The number of imide groups is 1. The van der Waals surface area contributed by atoms with E-state index in [-0.39, 0.29) is 0 Å². The van der Waals surface area contributed by atoms with Crippen LogP contribution in [-0.2, 0) is 14.4 Å². The number of carboxylic acid groups (broad SMARTS) is 1. The van der Waals surface area contributed by atoms with Crippen LogP contribution < -0.4 is 16.4 Å². The van der Waals surface area contributed by atoms with Crippen LogP contribution >= 0.6 is 0 Å². The molecule has 0 saturated heterocycles. The van der Waals surface area contributed by atoms with E-state index in [0.717, 1.165) is 4.90 Å². The largest absolute Gasteiger partial charge is 0.480 e. The van der Waals surface area contributed by atoms with Crippen LogP contribution in [0.25, 0.3) is 0 Å². The molecule has 0 rings (SSSR count). The number of nitrogens with two attached hydrogens (primary N) is 1. The highest BCUT2D eigenvalue weighted by Crippen LogP contribution is 1.99. The number of nitrogens with one attached hydrogen (secondary N) is 2. The van der Waals surface area contributed by atoms with Crippen LogP contribution in [0.5, 0.6) is 0 Å². The van der Waals surface area contributed by atoms with Crippen molar-refractivity contribution in [3.63, 3.8) is 0 Å². The summed E-state index contributed by atoms with van der Waals surface area (Å²) < 4.78 is 0. The molecule has 19 heavy (non-hydrogen) atoms. The van der Waals surface area contributed by atoms with Crippen molar-refractivity contribution in [1.82, 2.24) is 15.5 Å². The fraction of sp³-hybridized carbons (Fsp3) is 0.600. The van der Waals surface area contributed by atoms with E-state index in [1.807, 2.05) is 5.32 Å². The number of hydrogen-bond donors (Lipinski definition) is 4. The Bertz CT molecular complexity index is 355. The van der Waals surface area contributed by atoms with Crippen molar-refractivity contribution in [2.24, 2.45) is 5.73 Å². The first-order valence-corrected chi connectivity index (χ1v) is 5.60. The zero-order valence-corrected chi connectivity index (χ0v) is 10.8. The summed E-state index contributed by atoms with van der Waals surface area (Å²) in [5.74, 6) is -2.69. The minimum atomic E-state index is -1.21. The second-order valence-electron chi connectivity index (χ2n) is 3.79. The van der Waals surface area contributed by atoms with Gasteiger partial charge in [-0.2, -0.15) is 0 Å². The third-order valence-electron chi connectivity index (χ3n) is 2.20. The number of aliphatic carboxylic acids is 1. The SMILES string of the molecule is CCNC(=O)NC(=O)C(C)N(CC(N)=O)CC(=O)O. The van der Waals surface area contributed by atoms with Crippen molar-refractivity contribution in [3.8, 4) is 0 Å². The fourth-order valence-corrected chi connectivity index (χ4v) is 1.29. The van der Waals surface area contributed by atoms with E-state index < -0.39 is 42.9 Å². The minimum absolute atomic E-state index is 0.341. The second-order valence-corrected chi connectivity index (χ2v) is 3.79. The number of urea groups is 1. The molecule has 4 amide bonds. The number of primary amides is 1. The van der Waals surface area contributed by atoms with E-state index in [1.54, 1.807) is 6.92 Å². The quantitative estimate of drug-likeness (QED) is 0.427. The molecule has 0 aromatic heterocycles. The Morgan fingerprint density at radius 2 is 1.84 bits per heavy atom. The molecule has 0 aliphatic rings. The molecule has 0 bridgehead atoms. The van der Waals surface area contributed by atoms with E-state index in [2.05, 4.69) is 5.32 Å². The molecule has 9 nitrogen and oxygen atoms in total. The van der Waals surface area contributed by atoms with Crippen LogP contribution in [0.15, 0.2) is 0 Å². The molecule has 1 atom stereocenters. The van der Waals surface area contributed by atoms with Gasteiger partial charge in [0.15, 0.2) is 0 Å². The molecule has 0 fully saturated rings. The molecule has 5 N–H and O–H groups in total. The molecule has 0 spiro atoms. The molecule has 0 aliphatic carbocycles.